The molecule has 3 aromatic carbocycles. The van der Waals surface area contributed by atoms with E-state index in [1.165, 1.54) is 17.8 Å². The molecular formula is C29H26FN3OS. The molecular weight excluding hydrogens is 457 g/mol. The average Bonchev–Trinajstić information content (AvgIpc) is 3.29. The minimum absolute atomic E-state index is 0.0205. The summed E-state index contributed by atoms with van der Waals surface area (Å²) in [6.07, 6.45) is 2.84. The van der Waals surface area contributed by atoms with Gasteiger partial charge in [-0.1, -0.05) is 55.5 Å². The van der Waals surface area contributed by atoms with Gasteiger partial charge in [-0.3, -0.25) is 9.69 Å². The van der Waals surface area contributed by atoms with Crippen LogP contribution in [0.15, 0.2) is 88.8 Å². The SMILES string of the molecule is CCCN1C(=O)/C(=C\c2c(C)n(Cc3cccc(F)c3)c3ccccc23)SC1=Nc1ccccc1. The Morgan fingerprint density at radius 1 is 1.00 bits per heavy atom. The normalized spacial score (nSPS) is 16.2. The van der Waals surface area contributed by atoms with Gasteiger partial charge in [0.25, 0.3) is 5.91 Å². The molecule has 0 radical (unpaired) electrons. The molecule has 0 saturated carbocycles. The number of aliphatic imine (C=N–C) groups is 1. The second-order valence-corrected chi connectivity index (χ2v) is 9.54. The fourth-order valence-electron chi connectivity index (χ4n) is 4.42. The van der Waals surface area contributed by atoms with Crippen LogP contribution in [-0.4, -0.2) is 27.1 Å². The predicted molar refractivity (Wildman–Crippen MR) is 143 cm³/mol. The smallest absolute Gasteiger partial charge is 0.266 e. The van der Waals surface area contributed by atoms with Crippen LogP contribution in [0.25, 0.3) is 17.0 Å². The fraction of sp³-hybridized carbons (Fsp3) is 0.172. The summed E-state index contributed by atoms with van der Waals surface area (Å²) in [6, 6.07) is 24.6. The summed E-state index contributed by atoms with van der Waals surface area (Å²) in [6.45, 7) is 5.29. The van der Waals surface area contributed by atoms with Gasteiger partial charge in [0.1, 0.15) is 5.82 Å². The first kappa shape index (κ1) is 23.1. The third kappa shape index (κ3) is 4.66. The van der Waals surface area contributed by atoms with Crippen molar-refractivity contribution in [3.8, 4) is 0 Å². The van der Waals surface area contributed by atoms with Crippen molar-refractivity contribution in [2.24, 2.45) is 4.99 Å². The summed E-state index contributed by atoms with van der Waals surface area (Å²) >= 11 is 1.42. The topological polar surface area (TPSA) is 37.6 Å². The average molecular weight is 484 g/mol. The molecule has 35 heavy (non-hydrogen) atoms. The number of halogens is 1. The van der Waals surface area contributed by atoms with Gasteiger partial charge in [-0.25, -0.2) is 9.38 Å². The Balaban J connectivity index is 1.57. The Bertz CT molecular complexity index is 1460. The van der Waals surface area contributed by atoms with Gasteiger partial charge >= 0.3 is 0 Å². The van der Waals surface area contributed by atoms with Crippen LogP contribution in [0.4, 0.5) is 10.1 Å². The molecule has 1 aliphatic rings. The number of aromatic nitrogens is 1. The lowest BCUT2D eigenvalue weighted by molar-refractivity contribution is -0.122. The second-order valence-electron chi connectivity index (χ2n) is 8.53. The lowest BCUT2D eigenvalue weighted by atomic mass is 10.1. The van der Waals surface area contributed by atoms with Gasteiger partial charge in [-0.05, 0) is 67.1 Å². The number of hydrogen-bond acceptors (Lipinski definition) is 3. The molecule has 0 aliphatic carbocycles. The molecule has 5 rings (SSSR count). The van der Waals surface area contributed by atoms with Crippen molar-refractivity contribution in [3.05, 3.63) is 106 Å². The first-order valence-corrected chi connectivity index (χ1v) is 12.5. The lowest BCUT2D eigenvalue weighted by Gasteiger charge is -2.13. The molecule has 0 unspecified atom stereocenters. The monoisotopic (exact) mass is 483 g/mol. The van der Waals surface area contributed by atoms with E-state index in [2.05, 4.69) is 30.5 Å². The van der Waals surface area contributed by atoms with Crippen molar-refractivity contribution < 1.29 is 9.18 Å². The zero-order valence-electron chi connectivity index (χ0n) is 19.7. The second kappa shape index (κ2) is 9.92. The molecule has 4 aromatic rings. The maximum Gasteiger partial charge on any atom is 0.266 e. The lowest BCUT2D eigenvalue weighted by Crippen LogP contribution is -2.29. The van der Waals surface area contributed by atoms with Gasteiger partial charge in [0.2, 0.25) is 0 Å². The Hall–Kier alpha value is -3.64. The highest BCUT2D eigenvalue weighted by atomic mass is 32.2. The van der Waals surface area contributed by atoms with Crippen LogP contribution in [0.1, 0.15) is 30.2 Å². The number of para-hydroxylation sites is 2. The van der Waals surface area contributed by atoms with Crippen molar-refractivity contribution in [2.45, 2.75) is 26.8 Å². The Morgan fingerprint density at radius 3 is 2.54 bits per heavy atom. The van der Waals surface area contributed by atoms with E-state index < -0.39 is 0 Å². The van der Waals surface area contributed by atoms with Crippen LogP contribution in [0.3, 0.4) is 0 Å². The van der Waals surface area contributed by atoms with E-state index in [-0.39, 0.29) is 11.7 Å². The molecule has 1 aliphatic heterocycles. The van der Waals surface area contributed by atoms with Gasteiger partial charge in [0.15, 0.2) is 5.17 Å². The zero-order chi connectivity index (χ0) is 24.4. The maximum atomic E-state index is 13.8. The number of benzene rings is 3. The highest BCUT2D eigenvalue weighted by Gasteiger charge is 2.33. The van der Waals surface area contributed by atoms with Crippen molar-refractivity contribution in [2.75, 3.05) is 6.54 Å². The molecule has 4 nitrogen and oxygen atoms in total. The number of carbonyl (C=O) groups excluding carboxylic acids is 1. The van der Waals surface area contributed by atoms with Crippen LogP contribution < -0.4 is 0 Å². The molecule has 0 spiro atoms. The van der Waals surface area contributed by atoms with Crippen LogP contribution in [0.2, 0.25) is 0 Å². The summed E-state index contributed by atoms with van der Waals surface area (Å²) in [5, 5.41) is 1.77. The molecule has 6 heteroatoms. The van der Waals surface area contributed by atoms with E-state index in [0.29, 0.717) is 23.2 Å². The van der Waals surface area contributed by atoms with E-state index in [9.17, 15) is 9.18 Å². The molecule has 0 bridgehead atoms. The number of nitrogens with zero attached hydrogens (tertiary/aromatic N) is 3. The van der Waals surface area contributed by atoms with Gasteiger partial charge in [0, 0.05) is 35.2 Å². The standard InChI is InChI=1S/C29H26FN3OS/c1-3-16-32-28(34)27(35-29(32)31-23-12-5-4-6-13-23)18-25-20(2)33(26-15-8-7-14-24(25)26)19-21-10-9-11-22(30)17-21/h4-15,17-18H,3,16,19H2,1-2H3/b27-18+,31-29?. The Morgan fingerprint density at radius 2 is 1.77 bits per heavy atom. The van der Waals surface area contributed by atoms with Gasteiger partial charge in [-0.15, -0.1) is 0 Å². The van der Waals surface area contributed by atoms with Gasteiger partial charge < -0.3 is 4.57 Å². The molecule has 0 N–H and O–H groups in total. The van der Waals surface area contributed by atoms with Crippen molar-refractivity contribution >= 4 is 45.5 Å². The molecule has 1 aromatic heterocycles. The van der Waals surface area contributed by atoms with Crippen molar-refractivity contribution in [1.82, 2.24) is 9.47 Å². The summed E-state index contributed by atoms with van der Waals surface area (Å²) in [5.41, 5.74) is 4.82. The van der Waals surface area contributed by atoms with E-state index in [0.717, 1.165) is 39.8 Å². The summed E-state index contributed by atoms with van der Waals surface area (Å²) < 4.78 is 16.0. The molecule has 1 saturated heterocycles. The number of carbonyl (C=O) groups is 1. The van der Waals surface area contributed by atoms with Gasteiger partial charge in [0.05, 0.1) is 10.6 Å². The number of amides is 1. The summed E-state index contributed by atoms with van der Waals surface area (Å²) in [7, 11) is 0. The van der Waals surface area contributed by atoms with Crippen molar-refractivity contribution in [1.29, 1.82) is 0 Å². The minimum atomic E-state index is -0.242. The molecule has 2 heterocycles. The van der Waals surface area contributed by atoms with Crippen LogP contribution >= 0.6 is 11.8 Å². The van der Waals surface area contributed by atoms with E-state index >= 15 is 0 Å². The molecule has 1 fully saturated rings. The number of amidine groups is 1. The highest BCUT2D eigenvalue weighted by molar-refractivity contribution is 8.18. The van der Waals surface area contributed by atoms with Crippen LogP contribution in [-0.2, 0) is 11.3 Å². The molecule has 176 valence electrons. The van der Waals surface area contributed by atoms with E-state index in [1.807, 2.05) is 54.6 Å². The first-order chi connectivity index (χ1) is 17.0. The third-order valence-electron chi connectivity index (χ3n) is 6.10. The Kier molecular flexibility index (Phi) is 6.55. The summed E-state index contributed by atoms with van der Waals surface area (Å²) in [4.78, 5) is 20.6. The third-order valence-corrected chi connectivity index (χ3v) is 7.11. The number of fused-ring (bicyclic) bond motifs is 1. The minimum Gasteiger partial charge on any atom is -0.340 e. The number of thioether (sulfide) groups is 1. The van der Waals surface area contributed by atoms with E-state index in [4.69, 9.17) is 4.99 Å². The van der Waals surface area contributed by atoms with Crippen LogP contribution in [0.5, 0.6) is 0 Å². The first-order valence-electron chi connectivity index (χ1n) is 11.7. The largest absolute Gasteiger partial charge is 0.340 e. The highest BCUT2D eigenvalue weighted by Crippen LogP contribution is 2.37. The number of rotatable bonds is 6. The molecule has 0 atom stereocenters. The predicted octanol–water partition coefficient (Wildman–Crippen LogP) is 7.15. The van der Waals surface area contributed by atoms with E-state index in [1.54, 1.807) is 17.0 Å². The number of hydrogen-bond donors (Lipinski definition) is 0. The fourth-order valence-corrected chi connectivity index (χ4v) is 5.42. The zero-order valence-corrected chi connectivity index (χ0v) is 20.6. The van der Waals surface area contributed by atoms with Crippen molar-refractivity contribution in [3.63, 3.8) is 0 Å². The van der Waals surface area contributed by atoms with Gasteiger partial charge in [-0.2, -0.15) is 0 Å². The maximum absolute atomic E-state index is 13.8. The Labute approximate surface area is 208 Å². The molecule has 1 amide bonds. The quantitative estimate of drug-likeness (QED) is 0.273. The summed E-state index contributed by atoms with van der Waals surface area (Å²) in [5.74, 6) is -0.263. The van der Waals surface area contributed by atoms with Crippen LogP contribution in [0, 0.1) is 12.7 Å².